The van der Waals surface area contributed by atoms with Gasteiger partial charge in [-0.2, -0.15) is 0 Å². The fourth-order valence-electron chi connectivity index (χ4n) is 2.18. The van der Waals surface area contributed by atoms with Crippen molar-refractivity contribution in [3.05, 3.63) is 17.8 Å². The van der Waals surface area contributed by atoms with Crippen molar-refractivity contribution in [3.63, 3.8) is 0 Å². The van der Waals surface area contributed by atoms with Crippen molar-refractivity contribution in [2.45, 2.75) is 40.2 Å². The zero-order valence-electron chi connectivity index (χ0n) is 13.0. The molecule has 1 heterocycles. The zero-order valence-corrected chi connectivity index (χ0v) is 13.0. The first-order chi connectivity index (χ1) is 9.38. The number of hydrogen-bond donors (Lipinski definition) is 1. The minimum absolute atomic E-state index is 0.294. The molecule has 0 saturated carbocycles. The van der Waals surface area contributed by atoms with E-state index in [1.54, 1.807) is 19.2 Å². The number of pyridine rings is 1. The van der Waals surface area contributed by atoms with E-state index in [9.17, 15) is 4.79 Å². The number of rotatable bonds is 6. The summed E-state index contributed by atoms with van der Waals surface area (Å²) < 4.78 is 5.00. The third-order valence-corrected chi connectivity index (χ3v) is 3.27. The lowest BCUT2D eigenvalue weighted by atomic mass is 10.0. The average molecular weight is 279 g/mol. The largest absolute Gasteiger partial charge is 0.462 e. The molecule has 0 fully saturated rings. The Balaban J connectivity index is 3.01. The third-order valence-electron chi connectivity index (χ3n) is 3.27. The SMILES string of the molecule is CCOC(=O)c1ccnc(N(C)C(C)CC(C)C)c1N. The lowest BCUT2D eigenvalue weighted by Crippen LogP contribution is -2.31. The van der Waals surface area contributed by atoms with Crippen LogP contribution in [0.2, 0.25) is 0 Å². The van der Waals surface area contributed by atoms with Crippen LogP contribution in [0.4, 0.5) is 11.5 Å². The minimum atomic E-state index is -0.404. The van der Waals surface area contributed by atoms with Gasteiger partial charge in [0.2, 0.25) is 0 Å². The summed E-state index contributed by atoms with van der Waals surface area (Å²) in [4.78, 5) is 18.2. The fourth-order valence-corrected chi connectivity index (χ4v) is 2.18. The second-order valence-corrected chi connectivity index (χ2v) is 5.41. The van der Waals surface area contributed by atoms with E-state index >= 15 is 0 Å². The van der Waals surface area contributed by atoms with Crippen LogP contribution in [0, 0.1) is 5.92 Å². The summed E-state index contributed by atoms with van der Waals surface area (Å²) in [5, 5.41) is 0. The van der Waals surface area contributed by atoms with Gasteiger partial charge >= 0.3 is 5.97 Å². The highest BCUT2D eigenvalue weighted by atomic mass is 16.5. The zero-order chi connectivity index (χ0) is 15.3. The Morgan fingerprint density at radius 3 is 2.65 bits per heavy atom. The van der Waals surface area contributed by atoms with Gasteiger partial charge in [0.05, 0.1) is 17.9 Å². The van der Waals surface area contributed by atoms with E-state index in [1.165, 1.54) is 0 Å². The van der Waals surface area contributed by atoms with Crippen LogP contribution in [0.15, 0.2) is 12.3 Å². The van der Waals surface area contributed by atoms with Crippen LogP contribution in [0.5, 0.6) is 0 Å². The van der Waals surface area contributed by atoms with E-state index in [1.807, 2.05) is 11.9 Å². The van der Waals surface area contributed by atoms with Crippen molar-refractivity contribution in [2.75, 3.05) is 24.3 Å². The second kappa shape index (κ2) is 7.12. The predicted molar refractivity (Wildman–Crippen MR) is 81.9 cm³/mol. The summed E-state index contributed by atoms with van der Waals surface area (Å²) in [6.07, 6.45) is 2.62. The molecule has 0 amide bonds. The fraction of sp³-hybridized carbons (Fsp3) is 0.600. The Morgan fingerprint density at radius 1 is 1.45 bits per heavy atom. The van der Waals surface area contributed by atoms with Gasteiger partial charge in [-0.15, -0.1) is 0 Å². The molecule has 0 aliphatic rings. The summed E-state index contributed by atoms with van der Waals surface area (Å²) in [6.45, 7) is 8.58. The lowest BCUT2D eigenvalue weighted by molar-refractivity contribution is 0.0527. The molecule has 5 heteroatoms. The monoisotopic (exact) mass is 279 g/mol. The highest BCUT2D eigenvalue weighted by Gasteiger charge is 2.20. The highest BCUT2D eigenvalue weighted by molar-refractivity contribution is 5.97. The average Bonchev–Trinajstić information content (AvgIpc) is 2.37. The molecular weight excluding hydrogens is 254 g/mol. The maximum absolute atomic E-state index is 11.8. The summed E-state index contributed by atoms with van der Waals surface area (Å²) in [5.41, 5.74) is 6.83. The van der Waals surface area contributed by atoms with Crippen LogP contribution in [-0.4, -0.2) is 30.6 Å². The van der Waals surface area contributed by atoms with Crippen molar-refractivity contribution in [3.8, 4) is 0 Å². The van der Waals surface area contributed by atoms with Crippen molar-refractivity contribution in [1.82, 2.24) is 4.98 Å². The Morgan fingerprint density at radius 2 is 2.10 bits per heavy atom. The predicted octanol–water partition coefficient (Wildman–Crippen LogP) is 2.71. The number of carbonyl (C=O) groups excluding carboxylic acids is 1. The lowest BCUT2D eigenvalue weighted by Gasteiger charge is -2.28. The molecule has 1 atom stereocenters. The molecule has 1 rings (SSSR count). The van der Waals surface area contributed by atoms with Gasteiger partial charge in [-0.25, -0.2) is 9.78 Å². The maximum atomic E-state index is 11.8. The summed E-state index contributed by atoms with van der Waals surface area (Å²) >= 11 is 0. The topological polar surface area (TPSA) is 68.5 Å². The number of ether oxygens (including phenoxy) is 1. The van der Waals surface area contributed by atoms with E-state index in [-0.39, 0.29) is 0 Å². The third kappa shape index (κ3) is 3.85. The number of aromatic nitrogens is 1. The Labute approximate surface area is 121 Å². The van der Waals surface area contributed by atoms with Crippen LogP contribution in [0.25, 0.3) is 0 Å². The molecule has 0 aromatic carbocycles. The molecule has 0 saturated heterocycles. The minimum Gasteiger partial charge on any atom is -0.462 e. The van der Waals surface area contributed by atoms with Crippen LogP contribution < -0.4 is 10.6 Å². The highest BCUT2D eigenvalue weighted by Crippen LogP contribution is 2.26. The Hall–Kier alpha value is -1.78. The van der Waals surface area contributed by atoms with E-state index < -0.39 is 5.97 Å². The van der Waals surface area contributed by atoms with Crippen LogP contribution in [0.3, 0.4) is 0 Å². The summed E-state index contributed by atoms with van der Waals surface area (Å²) in [5.74, 6) is 0.809. The molecule has 0 aliphatic carbocycles. The number of nitrogens with two attached hydrogens (primary N) is 1. The van der Waals surface area contributed by atoms with Gasteiger partial charge in [-0.1, -0.05) is 13.8 Å². The van der Waals surface area contributed by atoms with Gasteiger partial charge < -0.3 is 15.4 Å². The first kappa shape index (κ1) is 16.3. The van der Waals surface area contributed by atoms with Gasteiger partial charge in [0.1, 0.15) is 0 Å². The number of nitrogens with zero attached hydrogens (tertiary/aromatic N) is 2. The Kier molecular flexibility index (Phi) is 5.80. The normalized spacial score (nSPS) is 12.3. The smallest absolute Gasteiger partial charge is 0.340 e. The van der Waals surface area contributed by atoms with E-state index in [4.69, 9.17) is 10.5 Å². The molecule has 1 aromatic rings. The van der Waals surface area contributed by atoms with E-state index in [0.29, 0.717) is 35.6 Å². The first-order valence-electron chi connectivity index (χ1n) is 7.02. The number of nitrogen functional groups attached to an aromatic ring is 1. The molecule has 112 valence electrons. The van der Waals surface area contributed by atoms with Gasteiger partial charge in [0, 0.05) is 19.3 Å². The van der Waals surface area contributed by atoms with Gasteiger partial charge in [0.25, 0.3) is 0 Å². The molecule has 1 aromatic heterocycles. The van der Waals surface area contributed by atoms with Gasteiger partial charge in [0.15, 0.2) is 5.82 Å². The van der Waals surface area contributed by atoms with E-state index in [2.05, 4.69) is 25.8 Å². The second-order valence-electron chi connectivity index (χ2n) is 5.41. The summed E-state index contributed by atoms with van der Waals surface area (Å²) in [7, 11) is 1.95. The molecule has 1 unspecified atom stereocenters. The number of esters is 1. The van der Waals surface area contributed by atoms with Gasteiger partial charge in [-0.05, 0) is 32.3 Å². The molecule has 5 nitrogen and oxygen atoms in total. The molecule has 2 N–H and O–H groups in total. The first-order valence-corrected chi connectivity index (χ1v) is 7.02. The number of carbonyl (C=O) groups is 1. The van der Waals surface area contributed by atoms with Crippen molar-refractivity contribution < 1.29 is 9.53 Å². The molecule has 20 heavy (non-hydrogen) atoms. The van der Waals surface area contributed by atoms with Crippen molar-refractivity contribution in [2.24, 2.45) is 5.92 Å². The molecule has 0 radical (unpaired) electrons. The van der Waals surface area contributed by atoms with Crippen molar-refractivity contribution >= 4 is 17.5 Å². The Bertz CT molecular complexity index is 460. The van der Waals surface area contributed by atoms with Crippen LogP contribution in [-0.2, 0) is 4.74 Å². The molecule has 0 bridgehead atoms. The molecule has 0 spiro atoms. The number of anilines is 2. The molecule has 0 aliphatic heterocycles. The maximum Gasteiger partial charge on any atom is 0.340 e. The van der Waals surface area contributed by atoms with Crippen LogP contribution >= 0.6 is 0 Å². The summed E-state index contributed by atoms with van der Waals surface area (Å²) in [6, 6.07) is 1.89. The van der Waals surface area contributed by atoms with Gasteiger partial charge in [-0.3, -0.25) is 0 Å². The standard InChI is InChI=1S/C15H25N3O2/c1-6-20-15(19)12-7-8-17-14(13(12)16)18(5)11(4)9-10(2)3/h7-8,10-11H,6,9,16H2,1-5H3. The van der Waals surface area contributed by atoms with Crippen LogP contribution in [0.1, 0.15) is 44.5 Å². The number of hydrogen-bond acceptors (Lipinski definition) is 5. The quantitative estimate of drug-likeness (QED) is 0.811. The molecular formula is C15H25N3O2. The van der Waals surface area contributed by atoms with E-state index in [0.717, 1.165) is 6.42 Å². The van der Waals surface area contributed by atoms with Crippen molar-refractivity contribution in [1.29, 1.82) is 0 Å².